The summed E-state index contributed by atoms with van der Waals surface area (Å²) in [5.74, 6) is 0. The molecular weight excluding hydrogens is 1800 g/mol. The van der Waals surface area contributed by atoms with Crippen LogP contribution in [0.1, 0.15) is 0 Å². The number of fused-ring (bicyclic) bond motifs is 23. The van der Waals surface area contributed by atoms with Crippen LogP contribution in [0.3, 0.4) is 0 Å². The van der Waals surface area contributed by atoms with Crippen molar-refractivity contribution >= 4 is 217 Å². The van der Waals surface area contributed by atoms with Gasteiger partial charge in [0.25, 0.3) is 0 Å². The molecule has 149 heavy (non-hydrogen) atoms. The van der Waals surface area contributed by atoms with Gasteiger partial charge in [0, 0.05) is 32.3 Å². The van der Waals surface area contributed by atoms with Gasteiger partial charge in [-0.25, -0.2) is 0 Å². The number of rotatable bonds is 9. The van der Waals surface area contributed by atoms with E-state index in [-0.39, 0.29) is 0 Å². The lowest BCUT2D eigenvalue weighted by Crippen LogP contribution is -1.93. The lowest BCUT2D eigenvalue weighted by molar-refractivity contribution is 0.669. The molecule has 0 amide bonds. The Hall–Kier alpha value is -19.6. The van der Waals surface area contributed by atoms with Crippen LogP contribution in [0.25, 0.3) is 317 Å². The van der Waals surface area contributed by atoms with Gasteiger partial charge in [-0.1, -0.05) is 419 Å². The van der Waals surface area contributed by atoms with Crippen molar-refractivity contribution in [2.75, 3.05) is 0 Å². The zero-order valence-corrected chi connectivity index (χ0v) is 81.0. The van der Waals surface area contributed by atoms with Gasteiger partial charge in [-0.15, -0.1) is 0 Å². The van der Waals surface area contributed by atoms with E-state index >= 15 is 0 Å². The molecule has 0 fully saturated rings. The van der Waals surface area contributed by atoms with Gasteiger partial charge in [-0.3, -0.25) is 0 Å². The zero-order valence-electron chi connectivity index (χ0n) is 81.0. The van der Waals surface area contributed by atoms with Crippen LogP contribution in [0.5, 0.6) is 0 Å². The fourth-order valence-corrected chi connectivity index (χ4v) is 24.5. The molecule has 3 aromatic heterocycles. The van der Waals surface area contributed by atoms with Crippen molar-refractivity contribution in [3.8, 4) is 100 Å². The third-order valence-corrected chi connectivity index (χ3v) is 31.4. The van der Waals surface area contributed by atoms with Gasteiger partial charge in [-0.05, 0) is 366 Å². The van der Waals surface area contributed by atoms with Crippen molar-refractivity contribution in [1.29, 1.82) is 0 Å². The summed E-state index contributed by atoms with van der Waals surface area (Å²) >= 11 is 0. The topological polar surface area (TPSA) is 39.4 Å². The highest BCUT2D eigenvalue weighted by atomic mass is 16.3. The summed E-state index contributed by atoms with van der Waals surface area (Å²) in [4.78, 5) is 0. The molecule has 29 aromatic carbocycles. The molecule has 0 atom stereocenters. The zero-order chi connectivity index (χ0) is 97.8. The second kappa shape index (κ2) is 34.6. The van der Waals surface area contributed by atoms with Crippen molar-refractivity contribution in [2.24, 2.45) is 0 Å². The van der Waals surface area contributed by atoms with Crippen molar-refractivity contribution in [3.63, 3.8) is 0 Å². The van der Waals surface area contributed by atoms with Crippen molar-refractivity contribution < 1.29 is 13.3 Å². The van der Waals surface area contributed by atoms with Crippen LogP contribution >= 0.6 is 0 Å². The smallest absolute Gasteiger partial charge is 0.136 e. The van der Waals surface area contributed by atoms with Crippen molar-refractivity contribution in [3.05, 3.63) is 534 Å². The molecule has 0 aliphatic rings. The third kappa shape index (κ3) is 14.2. The summed E-state index contributed by atoms with van der Waals surface area (Å²) in [6.45, 7) is 0. The Labute approximate surface area is 857 Å². The predicted octanol–water partition coefficient (Wildman–Crippen LogP) is 41.9. The summed E-state index contributed by atoms with van der Waals surface area (Å²) in [5, 5.41) is 41.6. The van der Waals surface area contributed by atoms with E-state index in [0.717, 1.165) is 65.8 Å². The molecule has 0 saturated heterocycles. The Kier molecular flexibility index (Phi) is 19.8. The van der Waals surface area contributed by atoms with Gasteiger partial charge in [-0.2, -0.15) is 0 Å². The van der Waals surface area contributed by atoms with Gasteiger partial charge >= 0.3 is 0 Å². The minimum Gasteiger partial charge on any atom is -0.456 e. The van der Waals surface area contributed by atoms with E-state index in [4.69, 9.17) is 13.3 Å². The van der Waals surface area contributed by atoms with E-state index in [1.165, 1.54) is 251 Å². The molecule has 3 nitrogen and oxygen atoms in total. The summed E-state index contributed by atoms with van der Waals surface area (Å²) in [7, 11) is 0. The molecule has 0 unspecified atom stereocenters. The monoisotopic (exact) mass is 1890 g/mol. The molecule has 0 saturated carbocycles. The second-order valence-electron chi connectivity index (χ2n) is 39.7. The average molecular weight is 1890 g/mol. The minimum atomic E-state index is 0.908. The largest absolute Gasteiger partial charge is 0.456 e. The molecule has 0 N–H and O–H groups in total. The van der Waals surface area contributed by atoms with Crippen LogP contribution in [0.15, 0.2) is 547 Å². The lowest BCUT2D eigenvalue weighted by Gasteiger charge is -2.20. The fourth-order valence-electron chi connectivity index (χ4n) is 24.5. The first-order valence-electron chi connectivity index (χ1n) is 51.3. The highest BCUT2D eigenvalue weighted by molar-refractivity contribution is 6.30. The van der Waals surface area contributed by atoms with Crippen molar-refractivity contribution in [1.82, 2.24) is 0 Å². The minimum absolute atomic E-state index is 0.908. The summed E-state index contributed by atoms with van der Waals surface area (Å²) < 4.78 is 19.1. The normalized spacial score (nSPS) is 11.9. The van der Waals surface area contributed by atoms with E-state index in [1.807, 2.05) is 0 Å². The highest BCUT2D eigenvalue weighted by Crippen LogP contribution is 2.54. The first-order valence-corrected chi connectivity index (χ1v) is 51.3. The lowest BCUT2D eigenvalue weighted by atomic mass is 9.83. The number of furan rings is 3. The summed E-state index contributed by atoms with van der Waals surface area (Å²) in [6.07, 6.45) is 0. The second-order valence-corrected chi connectivity index (χ2v) is 39.7. The van der Waals surface area contributed by atoms with Crippen molar-refractivity contribution in [2.45, 2.75) is 0 Å². The molecule has 0 aliphatic heterocycles. The SMILES string of the molecule is c1ccc(-c2c3ccccc3c(-c3cc(-c4ccc5oc6cc7ccccc7cc6c5c4)cc4ccccc34)c3ccccc23)cc1.c1ccc2cc(-c3c4ccccc4c(-c4cc(-c5ccc6oc7cc8ccccc8cc7c6c5)cc5ccccc45)c4ccccc34)ccc2c1.c1ccc2cc3c(cc2c1)oc1ccc(-c2cc(-c4c5ccccc5c(-c5cccc6ccccc56)c5ccccc45)c4ccccc4c2)cc13. The highest BCUT2D eigenvalue weighted by Gasteiger charge is 2.27. The summed E-state index contributed by atoms with van der Waals surface area (Å²) in [6, 6.07) is 195. The molecule has 0 radical (unpaired) electrons. The van der Waals surface area contributed by atoms with Crippen LogP contribution in [0, 0.1) is 0 Å². The first-order chi connectivity index (χ1) is 73.8. The Morgan fingerprint density at radius 2 is 0.309 bits per heavy atom. The first kappa shape index (κ1) is 85.0. The molecule has 0 bridgehead atoms. The number of hydrogen-bond acceptors (Lipinski definition) is 3. The maximum Gasteiger partial charge on any atom is 0.136 e. The molecule has 32 aromatic rings. The van der Waals surface area contributed by atoms with Gasteiger partial charge in [0.15, 0.2) is 0 Å². The van der Waals surface area contributed by atoms with Gasteiger partial charge in [0.05, 0.1) is 0 Å². The third-order valence-electron chi connectivity index (χ3n) is 31.4. The molecule has 3 heteroatoms. The fraction of sp³-hybridized carbons (Fsp3) is 0. The van der Waals surface area contributed by atoms with E-state index in [2.05, 4.69) is 534 Å². The van der Waals surface area contributed by atoms with Gasteiger partial charge in [0.1, 0.15) is 33.5 Å². The Bertz CT molecular complexity index is 11100. The number of hydrogen-bond donors (Lipinski definition) is 0. The van der Waals surface area contributed by atoms with Gasteiger partial charge < -0.3 is 13.3 Å². The van der Waals surface area contributed by atoms with Crippen LogP contribution in [0.4, 0.5) is 0 Å². The van der Waals surface area contributed by atoms with E-state index in [0.29, 0.717) is 0 Å². The quantitative estimate of drug-likeness (QED) is 0.135. The van der Waals surface area contributed by atoms with Gasteiger partial charge in [0.2, 0.25) is 0 Å². The van der Waals surface area contributed by atoms with Crippen LogP contribution in [-0.4, -0.2) is 0 Å². The Morgan fingerprint density at radius 3 is 0.638 bits per heavy atom. The van der Waals surface area contributed by atoms with E-state index in [1.54, 1.807) is 0 Å². The summed E-state index contributed by atoms with van der Waals surface area (Å²) in [5.41, 5.74) is 27.7. The molecule has 0 aliphatic carbocycles. The molecule has 690 valence electrons. The maximum atomic E-state index is 6.39. The predicted molar refractivity (Wildman–Crippen MR) is 635 cm³/mol. The van der Waals surface area contributed by atoms with E-state index in [9.17, 15) is 0 Å². The molecular formula is C146H88O3. The van der Waals surface area contributed by atoms with Crippen LogP contribution in [0.2, 0.25) is 0 Å². The molecule has 0 spiro atoms. The Morgan fingerprint density at radius 1 is 0.0872 bits per heavy atom. The van der Waals surface area contributed by atoms with E-state index < -0.39 is 0 Å². The maximum absolute atomic E-state index is 6.39. The number of benzene rings is 29. The molecule has 32 rings (SSSR count). The molecule has 3 heterocycles. The van der Waals surface area contributed by atoms with Crippen LogP contribution in [-0.2, 0) is 0 Å². The average Bonchev–Trinajstić information content (AvgIpc) is 1.26. The standard InChI is InChI=1S/2C50H30O.C46H28O/c1-2-14-33-30-48-45(27-32(33)13-1)44-28-34(24-25-47(44)51-48)36-26-35-15-4-6-18-38(35)46(29-36)50-42-21-9-7-19-40(42)49(41-20-8-10-22-43(41)50)39-23-11-16-31-12-3-5-17-37(31)39;1-2-12-32-25-37(22-21-31(32)11-1)49-40-17-7-9-19-42(40)50(43-20-10-8-18-41(43)49)46-29-38(26-36-15-5-6-16-39(36)46)35-23-24-47-44(28-35)45-27-33-13-3-4-14-34(33)30-48(45)51-47;1-2-12-29(13-3-1)45-36-18-8-10-20-38(36)46(39-21-11-9-19-37(39)45)42-27-34(24-33-16-6-7-17-35(33)42)32-22-23-43-40(26-32)41-25-30-14-4-5-15-31(30)28-44(41)47-43/h2*1-30H;1-28H. The Balaban J connectivity index is 0.000000103. The van der Waals surface area contributed by atoms with Crippen LogP contribution < -0.4 is 0 Å².